The van der Waals surface area contributed by atoms with Crippen LogP contribution in [0.5, 0.6) is 0 Å². The van der Waals surface area contributed by atoms with Gasteiger partial charge in [0, 0.05) is 22.3 Å². The quantitative estimate of drug-likeness (QED) is 0.151. The summed E-state index contributed by atoms with van der Waals surface area (Å²) in [7, 11) is 0. The average molecular weight is 549 g/mol. The molecule has 5 rings (SSSR count). The van der Waals surface area contributed by atoms with Crippen molar-refractivity contribution in [3.8, 4) is 45.2 Å². The molecule has 0 radical (unpaired) electrons. The van der Waals surface area contributed by atoms with Gasteiger partial charge in [0.15, 0.2) is 0 Å². The molecule has 0 nitrogen and oxygen atoms in total. The monoisotopic (exact) mass is 548 g/mol. The van der Waals surface area contributed by atoms with Gasteiger partial charge in [0.05, 0.1) is 5.56 Å². The van der Waals surface area contributed by atoms with E-state index in [-0.39, 0.29) is 22.5 Å². The maximum Gasteiger partial charge on any atom is 0.139 e. The van der Waals surface area contributed by atoms with E-state index in [0.717, 1.165) is 35.1 Å². The molecule has 0 spiro atoms. The predicted octanol–water partition coefficient (Wildman–Crippen LogP) is 10.2. The van der Waals surface area contributed by atoms with Crippen LogP contribution in [-0.2, 0) is 6.42 Å². The molecule has 0 saturated heterocycles. The van der Waals surface area contributed by atoms with Crippen molar-refractivity contribution in [3.63, 3.8) is 0 Å². The Bertz CT molecular complexity index is 1780. The molecule has 0 fully saturated rings. The van der Waals surface area contributed by atoms with Crippen molar-refractivity contribution in [2.75, 3.05) is 0 Å². The maximum absolute atomic E-state index is 15.2. The predicted molar refractivity (Wildman–Crippen MR) is 158 cm³/mol. The largest absolute Gasteiger partial charge is 0.206 e. The lowest BCUT2D eigenvalue weighted by Crippen LogP contribution is -1.93. The van der Waals surface area contributed by atoms with Gasteiger partial charge >= 0.3 is 0 Å². The van der Waals surface area contributed by atoms with E-state index in [1.807, 2.05) is 56.3 Å². The minimum Gasteiger partial charge on any atom is -0.206 e. The first-order valence-electron chi connectivity index (χ1n) is 13.5. The van der Waals surface area contributed by atoms with Crippen molar-refractivity contribution < 1.29 is 17.6 Å². The van der Waals surface area contributed by atoms with Gasteiger partial charge in [-0.15, -0.1) is 0 Å². The highest BCUT2D eigenvalue weighted by molar-refractivity contribution is 5.72. The zero-order valence-corrected chi connectivity index (χ0v) is 23.1. The molecule has 5 aromatic carbocycles. The van der Waals surface area contributed by atoms with Gasteiger partial charge in [-0.1, -0.05) is 79.8 Å². The van der Waals surface area contributed by atoms with Gasteiger partial charge in [-0.3, -0.25) is 0 Å². The Morgan fingerprint density at radius 2 is 1.17 bits per heavy atom. The highest BCUT2D eigenvalue weighted by atomic mass is 19.1. The van der Waals surface area contributed by atoms with E-state index >= 15 is 4.39 Å². The van der Waals surface area contributed by atoms with E-state index in [2.05, 4.69) is 11.8 Å². The summed E-state index contributed by atoms with van der Waals surface area (Å²) in [5.41, 5.74) is 5.97. The normalized spacial score (nSPS) is 10.8. The summed E-state index contributed by atoms with van der Waals surface area (Å²) >= 11 is 0. The van der Waals surface area contributed by atoms with Crippen LogP contribution in [0.25, 0.3) is 33.4 Å². The zero-order valence-electron chi connectivity index (χ0n) is 23.1. The Morgan fingerprint density at radius 3 is 1.80 bits per heavy atom. The van der Waals surface area contributed by atoms with Crippen molar-refractivity contribution in [2.45, 2.75) is 33.6 Å². The molecule has 0 bridgehead atoms. The number of benzene rings is 5. The summed E-state index contributed by atoms with van der Waals surface area (Å²) < 4.78 is 59.1. The van der Waals surface area contributed by atoms with Crippen LogP contribution in [0.4, 0.5) is 17.6 Å². The van der Waals surface area contributed by atoms with E-state index in [0.29, 0.717) is 22.3 Å². The summed E-state index contributed by atoms with van der Waals surface area (Å²) in [5.74, 6) is 3.82. The Balaban J connectivity index is 1.38. The number of halogens is 4. The molecular weight excluding hydrogens is 520 g/mol. The molecule has 0 aromatic heterocycles. The van der Waals surface area contributed by atoms with E-state index in [1.165, 1.54) is 30.3 Å². The van der Waals surface area contributed by atoms with Gasteiger partial charge in [0.1, 0.15) is 23.3 Å². The molecular formula is C37H28F4. The Labute approximate surface area is 238 Å². The zero-order chi connectivity index (χ0) is 29.1. The van der Waals surface area contributed by atoms with Gasteiger partial charge in [0.25, 0.3) is 0 Å². The first kappa shape index (κ1) is 27.9. The number of hydrogen-bond donors (Lipinski definition) is 0. The van der Waals surface area contributed by atoms with E-state index < -0.39 is 17.5 Å². The fraction of sp³-hybridized carbons (Fsp3) is 0.135. The molecule has 0 N–H and O–H groups in total. The number of hydrogen-bond acceptors (Lipinski definition) is 0. The number of rotatable bonds is 5. The fourth-order valence-corrected chi connectivity index (χ4v) is 4.93. The standard InChI is InChI=1S/C37H28F4/c1-4-5-25-8-16-32(35(39)20-25)33-17-9-26(21-36(33)40)7-15-30-24(3)19-29(22-37(30)41)27-10-12-28(13-11-27)31-14-6-23(2)18-34(31)38/h6,8-14,16-22H,4-5H2,1-3H3. The molecule has 5 aromatic rings. The van der Waals surface area contributed by atoms with Gasteiger partial charge in [-0.2, -0.15) is 0 Å². The molecule has 41 heavy (non-hydrogen) atoms. The van der Waals surface area contributed by atoms with Crippen molar-refractivity contribution in [3.05, 3.63) is 142 Å². The molecule has 0 aliphatic rings. The minimum absolute atomic E-state index is 0.152. The molecule has 0 heterocycles. The SMILES string of the molecule is CCCc1ccc(-c2ccc(C#Cc3c(C)cc(-c4ccc(-c5ccc(C)cc5F)cc4)cc3F)cc2F)c(F)c1. The summed E-state index contributed by atoms with van der Waals surface area (Å²) in [6, 6.07) is 24.8. The van der Waals surface area contributed by atoms with Crippen LogP contribution in [0.15, 0.2) is 91.0 Å². The summed E-state index contributed by atoms with van der Waals surface area (Å²) in [4.78, 5) is 0. The Kier molecular flexibility index (Phi) is 8.08. The molecule has 0 aliphatic carbocycles. The topological polar surface area (TPSA) is 0 Å². The van der Waals surface area contributed by atoms with Crippen LogP contribution in [0.1, 0.15) is 41.2 Å². The lowest BCUT2D eigenvalue weighted by molar-refractivity contribution is 0.614. The van der Waals surface area contributed by atoms with Crippen LogP contribution >= 0.6 is 0 Å². The third kappa shape index (κ3) is 6.10. The van der Waals surface area contributed by atoms with Crippen LogP contribution in [0, 0.1) is 49.0 Å². The van der Waals surface area contributed by atoms with Crippen LogP contribution < -0.4 is 0 Å². The van der Waals surface area contributed by atoms with Crippen molar-refractivity contribution in [1.82, 2.24) is 0 Å². The second-order valence-electron chi connectivity index (χ2n) is 10.2. The molecule has 204 valence electrons. The fourth-order valence-electron chi connectivity index (χ4n) is 4.93. The molecule has 4 heteroatoms. The van der Waals surface area contributed by atoms with Crippen molar-refractivity contribution >= 4 is 0 Å². The first-order chi connectivity index (χ1) is 19.7. The number of aryl methyl sites for hydroxylation is 3. The summed E-state index contributed by atoms with van der Waals surface area (Å²) in [6.45, 7) is 5.62. The third-order valence-electron chi connectivity index (χ3n) is 7.10. The Morgan fingerprint density at radius 1 is 0.537 bits per heavy atom. The van der Waals surface area contributed by atoms with E-state index in [1.54, 1.807) is 25.1 Å². The molecule has 0 saturated carbocycles. The summed E-state index contributed by atoms with van der Waals surface area (Å²) in [6.07, 6.45) is 1.65. The summed E-state index contributed by atoms with van der Waals surface area (Å²) in [5, 5.41) is 0. The molecule has 0 unspecified atom stereocenters. The van der Waals surface area contributed by atoms with Gasteiger partial charge in [-0.05, 0) is 90.0 Å². The molecule has 0 aliphatic heterocycles. The van der Waals surface area contributed by atoms with Gasteiger partial charge < -0.3 is 0 Å². The second-order valence-corrected chi connectivity index (χ2v) is 10.2. The maximum atomic E-state index is 15.2. The van der Waals surface area contributed by atoms with Crippen LogP contribution in [-0.4, -0.2) is 0 Å². The van der Waals surface area contributed by atoms with Gasteiger partial charge in [-0.25, -0.2) is 17.6 Å². The molecule has 0 amide bonds. The van der Waals surface area contributed by atoms with Crippen molar-refractivity contribution in [1.29, 1.82) is 0 Å². The van der Waals surface area contributed by atoms with Crippen LogP contribution in [0.2, 0.25) is 0 Å². The highest BCUT2D eigenvalue weighted by Crippen LogP contribution is 2.30. The highest BCUT2D eigenvalue weighted by Gasteiger charge is 2.13. The average Bonchev–Trinajstić information content (AvgIpc) is 2.93. The van der Waals surface area contributed by atoms with E-state index in [9.17, 15) is 13.2 Å². The Hall–Kier alpha value is -4.62. The first-order valence-corrected chi connectivity index (χ1v) is 13.5. The lowest BCUT2D eigenvalue weighted by Gasteiger charge is -2.09. The van der Waals surface area contributed by atoms with Gasteiger partial charge in [0.2, 0.25) is 0 Å². The van der Waals surface area contributed by atoms with Crippen molar-refractivity contribution in [2.24, 2.45) is 0 Å². The molecule has 0 atom stereocenters. The minimum atomic E-state index is -0.597. The van der Waals surface area contributed by atoms with Crippen LogP contribution in [0.3, 0.4) is 0 Å². The lowest BCUT2D eigenvalue weighted by atomic mass is 9.96. The van der Waals surface area contributed by atoms with E-state index in [4.69, 9.17) is 0 Å². The smallest absolute Gasteiger partial charge is 0.139 e. The third-order valence-corrected chi connectivity index (χ3v) is 7.10. The second kappa shape index (κ2) is 11.9.